The molecule has 1 N–H and O–H groups in total. The van der Waals surface area contributed by atoms with Crippen molar-refractivity contribution in [1.29, 1.82) is 5.26 Å². The average Bonchev–Trinajstić information content (AvgIpc) is 3.05. The van der Waals surface area contributed by atoms with Gasteiger partial charge in [-0.15, -0.1) is 0 Å². The summed E-state index contributed by atoms with van der Waals surface area (Å²) in [6, 6.07) is 9.06. The molecule has 7 heteroatoms. The fourth-order valence-electron chi connectivity index (χ4n) is 1.87. The van der Waals surface area contributed by atoms with E-state index in [-0.39, 0.29) is 0 Å². The SMILES string of the molecule is COc1cc(-c2nc(-c3ccnnc3)n[nH]2)ccc1C#N. The summed E-state index contributed by atoms with van der Waals surface area (Å²) in [5.41, 5.74) is 2.03. The van der Waals surface area contributed by atoms with Crippen LogP contribution in [0.15, 0.2) is 36.7 Å². The van der Waals surface area contributed by atoms with Crippen molar-refractivity contribution in [3.63, 3.8) is 0 Å². The van der Waals surface area contributed by atoms with E-state index in [4.69, 9.17) is 10.00 Å². The molecule has 3 aromatic rings. The van der Waals surface area contributed by atoms with E-state index in [0.29, 0.717) is 23.0 Å². The zero-order valence-corrected chi connectivity index (χ0v) is 11.1. The van der Waals surface area contributed by atoms with E-state index >= 15 is 0 Å². The van der Waals surface area contributed by atoms with Gasteiger partial charge >= 0.3 is 0 Å². The van der Waals surface area contributed by atoms with Gasteiger partial charge in [-0.1, -0.05) is 0 Å². The van der Waals surface area contributed by atoms with Gasteiger partial charge in [0.05, 0.1) is 25.1 Å². The third kappa shape index (κ3) is 2.42. The number of rotatable bonds is 3. The number of H-pyrrole nitrogens is 1. The molecule has 0 amide bonds. The van der Waals surface area contributed by atoms with Gasteiger partial charge in [0.2, 0.25) is 0 Å². The first-order chi connectivity index (χ1) is 10.3. The van der Waals surface area contributed by atoms with Gasteiger partial charge in [0.15, 0.2) is 11.6 Å². The zero-order chi connectivity index (χ0) is 14.7. The van der Waals surface area contributed by atoms with Crippen molar-refractivity contribution in [3.05, 3.63) is 42.2 Å². The lowest BCUT2D eigenvalue weighted by Crippen LogP contribution is -1.90. The highest BCUT2D eigenvalue weighted by Gasteiger charge is 2.10. The predicted molar refractivity (Wildman–Crippen MR) is 74.1 cm³/mol. The van der Waals surface area contributed by atoms with Gasteiger partial charge in [0.1, 0.15) is 11.8 Å². The summed E-state index contributed by atoms with van der Waals surface area (Å²) >= 11 is 0. The molecule has 3 rings (SSSR count). The number of hydrogen-bond acceptors (Lipinski definition) is 6. The molecule has 21 heavy (non-hydrogen) atoms. The van der Waals surface area contributed by atoms with Crippen LogP contribution in [0.3, 0.4) is 0 Å². The van der Waals surface area contributed by atoms with Gasteiger partial charge in [0, 0.05) is 11.1 Å². The molecular formula is C14H10N6O. The predicted octanol–water partition coefficient (Wildman–Crippen LogP) is 1.81. The summed E-state index contributed by atoms with van der Waals surface area (Å²) in [6.07, 6.45) is 3.17. The van der Waals surface area contributed by atoms with Gasteiger partial charge in [0.25, 0.3) is 0 Å². The number of nitriles is 1. The summed E-state index contributed by atoms with van der Waals surface area (Å²) in [7, 11) is 1.52. The Morgan fingerprint density at radius 2 is 2.10 bits per heavy atom. The second-order valence-corrected chi connectivity index (χ2v) is 4.17. The molecule has 0 radical (unpaired) electrons. The van der Waals surface area contributed by atoms with Gasteiger partial charge in [-0.25, -0.2) is 4.98 Å². The van der Waals surface area contributed by atoms with Crippen molar-refractivity contribution >= 4 is 0 Å². The van der Waals surface area contributed by atoms with Gasteiger partial charge < -0.3 is 4.74 Å². The van der Waals surface area contributed by atoms with Crippen molar-refractivity contribution in [1.82, 2.24) is 25.4 Å². The van der Waals surface area contributed by atoms with E-state index < -0.39 is 0 Å². The van der Waals surface area contributed by atoms with E-state index in [0.717, 1.165) is 11.1 Å². The normalized spacial score (nSPS) is 10.1. The Bertz CT molecular complexity index is 806. The molecule has 0 saturated carbocycles. The minimum Gasteiger partial charge on any atom is -0.495 e. The third-order valence-corrected chi connectivity index (χ3v) is 2.92. The monoisotopic (exact) mass is 278 g/mol. The zero-order valence-electron chi connectivity index (χ0n) is 11.1. The van der Waals surface area contributed by atoms with Crippen LogP contribution >= 0.6 is 0 Å². The Labute approximate surface area is 120 Å². The fraction of sp³-hybridized carbons (Fsp3) is 0.0714. The molecule has 0 aliphatic rings. The first-order valence-corrected chi connectivity index (χ1v) is 6.10. The molecule has 102 valence electrons. The highest BCUT2D eigenvalue weighted by atomic mass is 16.5. The Hall–Kier alpha value is -3.27. The van der Waals surface area contributed by atoms with Crippen LogP contribution < -0.4 is 4.74 Å². The topological polar surface area (TPSA) is 100 Å². The molecule has 0 saturated heterocycles. The summed E-state index contributed by atoms with van der Waals surface area (Å²) in [4.78, 5) is 4.41. The minimum atomic E-state index is 0.472. The van der Waals surface area contributed by atoms with Gasteiger partial charge in [-0.2, -0.15) is 20.6 Å². The fourth-order valence-corrected chi connectivity index (χ4v) is 1.87. The molecular weight excluding hydrogens is 268 g/mol. The molecule has 0 atom stereocenters. The lowest BCUT2D eigenvalue weighted by Gasteiger charge is -2.03. The number of nitrogens with zero attached hydrogens (tertiary/aromatic N) is 5. The molecule has 0 spiro atoms. The average molecular weight is 278 g/mol. The van der Waals surface area contributed by atoms with Crippen LogP contribution in [0.2, 0.25) is 0 Å². The second-order valence-electron chi connectivity index (χ2n) is 4.17. The van der Waals surface area contributed by atoms with Crippen molar-refractivity contribution in [3.8, 4) is 34.6 Å². The Balaban J connectivity index is 1.99. The first kappa shape index (κ1) is 12.7. The van der Waals surface area contributed by atoms with Crippen LogP contribution in [0.4, 0.5) is 0 Å². The number of aromatic nitrogens is 5. The van der Waals surface area contributed by atoms with Crippen molar-refractivity contribution in [2.45, 2.75) is 0 Å². The summed E-state index contributed by atoms with van der Waals surface area (Å²) in [6.45, 7) is 0. The van der Waals surface area contributed by atoms with Gasteiger partial charge in [-0.3, -0.25) is 5.10 Å². The standard InChI is InChI=1S/C14H10N6O/c1-21-12-6-9(2-3-10(12)7-15)13-18-14(20-19-13)11-4-5-16-17-8-11/h2-6,8H,1H3,(H,18,19,20). The van der Waals surface area contributed by atoms with Crippen LogP contribution in [0, 0.1) is 11.3 Å². The summed E-state index contributed by atoms with van der Waals surface area (Å²) in [5, 5.41) is 23.5. The second kappa shape index (κ2) is 5.38. The van der Waals surface area contributed by atoms with Crippen LogP contribution in [-0.2, 0) is 0 Å². The van der Waals surface area contributed by atoms with E-state index in [1.165, 1.54) is 7.11 Å². The number of nitrogens with one attached hydrogen (secondary N) is 1. The highest BCUT2D eigenvalue weighted by Crippen LogP contribution is 2.25. The number of benzene rings is 1. The smallest absolute Gasteiger partial charge is 0.183 e. The van der Waals surface area contributed by atoms with Crippen LogP contribution in [0.25, 0.3) is 22.8 Å². The maximum atomic E-state index is 8.99. The Morgan fingerprint density at radius 1 is 1.19 bits per heavy atom. The molecule has 0 fully saturated rings. The van der Waals surface area contributed by atoms with Crippen molar-refractivity contribution in [2.75, 3.05) is 7.11 Å². The van der Waals surface area contributed by atoms with Crippen molar-refractivity contribution < 1.29 is 4.74 Å². The number of hydrogen-bond donors (Lipinski definition) is 1. The van der Waals surface area contributed by atoms with Crippen LogP contribution in [0.1, 0.15) is 5.56 Å². The molecule has 0 aliphatic carbocycles. The largest absolute Gasteiger partial charge is 0.495 e. The number of ether oxygens (including phenoxy) is 1. The molecule has 0 bridgehead atoms. The first-order valence-electron chi connectivity index (χ1n) is 6.10. The number of methoxy groups -OCH3 is 1. The van der Waals surface area contributed by atoms with E-state index in [1.54, 1.807) is 36.7 Å². The maximum Gasteiger partial charge on any atom is 0.183 e. The Kier molecular flexibility index (Phi) is 3.27. The summed E-state index contributed by atoms with van der Waals surface area (Å²) in [5.74, 6) is 1.62. The lowest BCUT2D eigenvalue weighted by molar-refractivity contribution is 0.413. The van der Waals surface area contributed by atoms with E-state index in [2.05, 4.69) is 31.4 Å². The molecule has 0 aliphatic heterocycles. The van der Waals surface area contributed by atoms with Crippen LogP contribution in [0.5, 0.6) is 5.75 Å². The van der Waals surface area contributed by atoms with Crippen LogP contribution in [-0.4, -0.2) is 32.5 Å². The molecule has 2 heterocycles. The molecule has 7 nitrogen and oxygen atoms in total. The van der Waals surface area contributed by atoms with E-state index in [9.17, 15) is 0 Å². The number of aromatic amines is 1. The summed E-state index contributed by atoms with van der Waals surface area (Å²) < 4.78 is 5.19. The van der Waals surface area contributed by atoms with Crippen molar-refractivity contribution in [2.24, 2.45) is 0 Å². The molecule has 2 aromatic heterocycles. The van der Waals surface area contributed by atoms with E-state index in [1.807, 2.05) is 0 Å². The molecule has 1 aromatic carbocycles. The van der Waals surface area contributed by atoms with Gasteiger partial charge in [-0.05, 0) is 24.3 Å². The third-order valence-electron chi connectivity index (χ3n) is 2.92. The minimum absolute atomic E-state index is 0.472. The highest BCUT2D eigenvalue weighted by molar-refractivity contribution is 5.63. The quantitative estimate of drug-likeness (QED) is 0.784. The lowest BCUT2D eigenvalue weighted by atomic mass is 10.1. The Morgan fingerprint density at radius 3 is 2.81 bits per heavy atom. The molecule has 0 unspecified atom stereocenters. The maximum absolute atomic E-state index is 8.99.